The molecule has 0 unspecified atom stereocenters. The van der Waals surface area contributed by atoms with E-state index in [1.54, 1.807) is 12.1 Å². The van der Waals surface area contributed by atoms with E-state index in [0.717, 1.165) is 5.56 Å². The SMILES string of the molecule is Cc1ccc(S(=O)(=O)Nc2ccc(Cl)c(N3CCCS3(=O)=O)c2)cc1. The van der Waals surface area contributed by atoms with Crippen LogP contribution in [0.2, 0.25) is 5.02 Å². The van der Waals surface area contributed by atoms with Crippen LogP contribution in [-0.2, 0) is 20.0 Å². The Bertz CT molecular complexity index is 1000. The minimum absolute atomic E-state index is 0.0582. The number of sulfonamides is 2. The number of anilines is 2. The zero-order chi connectivity index (χ0) is 18.2. The summed E-state index contributed by atoms with van der Waals surface area (Å²) in [6.07, 6.45) is 0.512. The highest BCUT2D eigenvalue weighted by atomic mass is 35.5. The van der Waals surface area contributed by atoms with E-state index in [9.17, 15) is 16.8 Å². The van der Waals surface area contributed by atoms with Gasteiger partial charge in [0.2, 0.25) is 10.0 Å². The number of halogens is 1. The first kappa shape index (κ1) is 18.0. The molecule has 6 nitrogen and oxygen atoms in total. The van der Waals surface area contributed by atoms with Gasteiger partial charge in [-0.05, 0) is 43.7 Å². The van der Waals surface area contributed by atoms with Gasteiger partial charge >= 0.3 is 0 Å². The second-order valence-electron chi connectivity index (χ2n) is 5.83. The number of benzene rings is 2. The summed E-state index contributed by atoms with van der Waals surface area (Å²) in [6, 6.07) is 10.9. The summed E-state index contributed by atoms with van der Waals surface area (Å²) in [5, 5.41) is 0.253. The number of aryl methyl sites for hydroxylation is 1. The zero-order valence-corrected chi connectivity index (χ0v) is 15.8. The maximum Gasteiger partial charge on any atom is 0.261 e. The fourth-order valence-corrected chi connectivity index (χ4v) is 5.50. The number of nitrogens with one attached hydrogen (secondary N) is 1. The Labute approximate surface area is 152 Å². The first-order chi connectivity index (χ1) is 11.7. The van der Waals surface area contributed by atoms with Crippen molar-refractivity contribution in [3.8, 4) is 0 Å². The van der Waals surface area contributed by atoms with Crippen LogP contribution >= 0.6 is 11.6 Å². The molecule has 0 atom stereocenters. The van der Waals surface area contributed by atoms with Crippen LogP contribution in [0.3, 0.4) is 0 Å². The molecule has 134 valence electrons. The van der Waals surface area contributed by atoms with Gasteiger partial charge in [0, 0.05) is 6.54 Å². The molecule has 1 fully saturated rings. The third-order valence-corrected chi connectivity index (χ3v) is 7.47. The molecule has 0 amide bonds. The number of hydrogen-bond acceptors (Lipinski definition) is 4. The molecule has 0 radical (unpaired) electrons. The molecule has 0 aliphatic carbocycles. The van der Waals surface area contributed by atoms with Gasteiger partial charge in [0.25, 0.3) is 10.0 Å². The van der Waals surface area contributed by atoms with E-state index in [-0.39, 0.29) is 27.0 Å². The van der Waals surface area contributed by atoms with Gasteiger partial charge in [0.1, 0.15) is 0 Å². The molecule has 1 heterocycles. The highest BCUT2D eigenvalue weighted by Crippen LogP contribution is 2.34. The normalized spacial score (nSPS) is 16.8. The summed E-state index contributed by atoms with van der Waals surface area (Å²) in [5.41, 5.74) is 1.48. The number of hydrogen-bond donors (Lipinski definition) is 1. The second kappa shape index (κ2) is 6.51. The molecule has 2 aromatic rings. The van der Waals surface area contributed by atoms with Gasteiger partial charge in [-0.2, -0.15) is 0 Å². The Hall–Kier alpha value is -1.77. The third-order valence-electron chi connectivity index (χ3n) is 3.90. The molecule has 0 bridgehead atoms. The van der Waals surface area contributed by atoms with Crippen LogP contribution in [0.1, 0.15) is 12.0 Å². The van der Waals surface area contributed by atoms with Crippen LogP contribution in [0.25, 0.3) is 0 Å². The van der Waals surface area contributed by atoms with Gasteiger partial charge in [-0.3, -0.25) is 9.03 Å². The fraction of sp³-hybridized carbons (Fsp3) is 0.250. The van der Waals surface area contributed by atoms with Crippen LogP contribution < -0.4 is 9.03 Å². The van der Waals surface area contributed by atoms with Crippen LogP contribution in [0.5, 0.6) is 0 Å². The van der Waals surface area contributed by atoms with Crippen molar-refractivity contribution in [2.75, 3.05) is 21.3 Å². The summed E-state index contributed by atoms with van der Waals surface area (Å²) in [5.74, 6) is 0.0582. The van der Waals surface area contributed by atoms with E-state index in [1.807, 2.05) is 6.92 Å². The Balaban J connectivity index is 1.94. The molecule has 25 heavy (non-hydrogen) atoms. The van der Waals surface area contributed by atoms with Crippen LogP contribution in [0.4, 0.5) is 11.4 Å². The van der Waals surface area contributed by atoms with Gasteiger partial charge in [0.05, 0.1) is 27.0 Å². The summed E-state index contributed by atoms with van der Waals surface area (Å²) >= 11 is 6.13. The Morgan fingerprint density at radius 2 is 1.80 bits per heavy atom. The summed E-state index contributed by atoms with van der Waals surface area (Å²) in [4.78, 5) is 0.128. The van der Waals surface area contributed by atoms with Crippen LogP contribution in [0.15, 0.2) is 47.4 Å². The smallest absolute Gasteiger partial charge is 0.261 e. The lowest BCUT2D eigenvalue weighted by atomic mass is 10.2. The lowest BCUT2D eigenvalue weighted by Gasteiger charge is -2.19. The molecule has 2 aromatic carbocycles. The molecule has 0 saturated carbocycles. The van der Waals surface area contributed by atoms with E-state index in [2.05, 4.69) is 4.72 Å². The van der Waals surface area contributed by atoms with Gasteiger partial charge in [-0.25, -0.2) is 16.8 Å². The van der Waals surface area contributed by atoms with Gasteiger partial charge in [-0.15, -0.1) is 0 Å². The Kier molecular flexibility index (Phi) is 4.70. The van der Waals surface area contributed by atoms with E-state index >= 15 is 0 Å². The average Bonchev–Trinajstić information content (AvgIpc) is 2.88. The predicted octanol–water partition coefficient (Wildman–Crippen LogP) is 2.99. The average molecular weight is 401 g/mol. The van der Waals surface area contributed by atoms with Gasteiger partial charge in [0.15, 0.2) is 0 Å². The van der Waals surface area contributed by atoms with Crippen molar-refractivity contribution in [2.24, 2.45) is 0 Å². The fourth-order valence-electron chi connectivity index (χ4n) is 2.61. The molecule has 9 heteroatoms. The molecule has 0 aromatic heterocycles. The van der Waals surface area contributed by atoms with Crippen molar-refractivity contribution >= 4 is 43.0 Å². The largest absolute Gasteiger partial charge is 0.280 e. The summed E-state index contributed by atoms with van der Waals surface area (Å²) < 4.78 is 52.8. The highest BCUT2D eigenvalue weighted by Gasteiger charge is 2.30. The highest BCUT2D eigenvalue weighted by molar-refractivity contribution is 7.93. The monoisotopic (exact) mass is 400 g/mol. The molecule has 1 saturated heterocycles. The van der Waals surface area contributed by atoms with Crippen LogP contribution in [0, 0.1) is 6.92 Å². The molecule has 1 N–H and O–H groups in total. The van der Waals surface area contributed by atoms with E-state index in [0.29, 0.717) is 13.0 Å². The Morgan fingerprint density at radius 3 is 2.40 bits per heavy atom. The van der Waals surface area contributed by atoms with Gasteiger partial charge in [-0.1, -0.05) is 29.3 Å². The molecular formula is C16H17ClN2O4S2. The molecule has 3 rings (SSSR count). The van der Waals surface area contributed by atoms with E-state index in [1.165, 1.54) is 34.6 Å². The zero-order valence-electron chi connectivity index (χ0n) is 13.4. The lowest BCUT2D eigenvalue weighted by Crippen LogP contribution is -2.25. The second-order valence-corrected chi connectivity index (χ2v) is 9.93. The van der Waals surface area contributed by atoms with Crippen molar-refractivity contribution in [1.29, 1.82) is 0 Å². The lowest BCUT2D eigenvalue weighted by molar-refractivity contribution is 0.598. The van der Waals surface area contributed by atoms with E-state index < -0.39 is 20.0 Å². The standard InChI is InChI=1S/C16H17ClN2O4S2/c1-12-3-6-14(7-4-12)25(22,23)18-13-5-8-15(17)16(11-13)19-9-2-10-24(19,20)21/h3-8,11,18H,2,9-10H2,1H3. The maximum atomic E-state index is 12.5. The van der Waals surface area contributed by atoms with Crippen molar-refractivity contribution in [3.05, 3.63) is 53.1 Å². The number of rotatable bonds is 4. The quantitative estimate of drug-likeness (QED) is 0.855. The van der Waals surface area contributed by atoms with Crippen molar-refractivity contribution in [2.45, 2.75) is 18.2 Å². The van der Waals surface area contributed by atoms with Crippen molar-refractivity contribution in [1.82, 2.24) is 0 Å². The first-order valence-electron chi connectivity index (χ1n) is 7.58. The molecule has 1 aliphatic heterocycles. The molecular weight excluding hydrogens is 384 g/mol. The topological polar surface area (TPSA) is 83.6 Å². The molecule has 1 aliphatic rings. The van der Waals surface area contributed by atoms with Crippen molar-refractivity contribution in [3.63, 3.8) is 0 Å². The minimum Gasteiger partial charge on any atom is -0.280 e. The Morgan fingerprint density at radius 1 is 1.12 bits per heavy atom. The van der Waals surface area contributed by atoms with Crippen LogP contribution in [-0.4, -0.2) is 29.1 Å². The van der Waals surface area contributed by atoms with Gasteiger partial charge < -0.3 is 0 Å². The minimum atomic E-state index is -3.77. The number of nitrogens with zero attached hydrogens (tertiary/aromatic N) is 1. The molecule has 0 spiro atoms. The maximum absolute atomic E-state index is 12.5. The summed E-state index contributed by atoms with van der Waals surface area (Å²) in [6.45, 7) is 2.20. The van der Waals surface area contributed by atoms with Crippen molar-refractivity contribution < 1.29 is 16.8 Å². The first-order valence-corrected chi connectivity index (χ1v) is 11.1. The third kappa shape index (κ3) is 3.75. The van der Waals surface area contributed by atoms with E-state index in [4.69, 9.17) is 11.6 Å². The predicted molar refractivity (Wildman–Crippen MR) is 99.2 cm³/mol. The summed E-state index contributed by atoms with van der Waals surface area (Å²) in [7, 11) is -7.18.